The van der Waals surface area contributed by atoms with Crippen LogP contribution in [0.2, 0.25) is 0 Å². The first-order valence-corrected chi connectivity index (χ1v) is 7.57. The highest BCUT2D eigenvalue weighted by Crippen LogP contribution is 2.30. The minimum atomic E-state index is -0.167. The van der Waals surface area contributed by atoms with E-state index in [0.717, 1.165) is 30.8 Å². The number of aryl methyl sites for hydroxylation is 4. The van der Waals surface area contributed by atoms with Gasteiger partial charge < -0.3 is 10.2 Å². The van der Waals surface area contributed by atoms with Crippen molar-refractivity contribution in [2.24, 2.45) is 5.73 Å². The first-order valence-electron chi connectivity index (χ1n) is 7.57. The van der Waals surface area contributed by atoms with Crippen LogP contribution in [0.5, 0.6) is 0 Å². The molecule has 108 valence electrons. The predicted molar refractivity (Wildman–Crippen MR) is 84.1 cm³/mol. The second-order valence-electron chi connectivity index (χ2n) is 5.31. The van der Waals surface area contributed by atoms with Gasteiger partial charge in [0.15, 0.2) is 0 Å². The van der Waals surface area contributed by atoms with Crippen molar-refractivity contribution < 1.29 is 4.42 Å². The fraction of sp³-hybridized carbons (Fsp3) is 0.444. The van der Waals surface area contributed by atoms with Gasteiger partial charge in [0.1, 0.15) is 11.5 Å². The van der Waals surface area contributed by atoms with E-state index in [1.54, 1.807) is 0 Å². The molecule has 0 saturated heterocycles. The van der Waals surface area contributed by atoms with E-state index in [1.165, 1.54) is 22.3 Å². The standard InChI is InChI=1S/C18H25NO/c1-5-13-10-14(6-2)17(15(7-3)11-13)18(19)16-9-8-12(4)20-16/h8-11,18H,5-7,19H2,1-4H3. The largest absolute Gasteiger partial charge is 0.464 e. The molecule has 0 radical (unpaired) electrons. The van der Waals surface area contributed by atoms with Crippen LogP contribution in [0.15, 0.2) is 28.7 Å². The molecule has 0 spiro atoms. The SMILES string of the molecule is CCc1cc(CC)c(C(N)c2ccc(C)o2)c(CC)c1. The fourth-order valence-electron chi connectivity index (χ4n) is 2.80. The summed E-state index contributed by atoms with van der Waals surface area (Å²) in [5.41, 5.74) is 11.8. The lowest BCUT2D eigenvalue weighted by Gasteiger charge is -2.20. The van der Waals surface area contributed by atoms with E-state index in [2.05, 4.69) is 32.9 Å². The van der Waals surface area contributed by atoms with E-state index < -0.39 is 0 Å². The molecular weight excluding hydrogens is 246 g/mol. The van der Waals surface area contributed by atoms with Crippen molar-refractivity contribution >= 4 is 0 Å². The molecule has 2 aromatic rings. The molecule has 0 aliphatic heterocycles. The second-order valence-corrected chi connectivity index (χ2v) is 5.31. The maximum Gasteiger partial charge on any atom is 0.125 e. The minimum Gasteiger partial charge on any atom is -0.464 e. The van der Waals surface area contributed by atoms with E-state index in [0.29, 0.717) is 0 Å². The number of hydrogen-bond donors (Lipinski definition) is 1. The maximum absolute atomic E-state index is 6.48. The molecule has 1 heterocycles. The summed E-state index contributed by atoms with van der Waals surface area (Å²) < 4.78 is 5.73. The zero-order chi connectivity index (χ0) is 14.7. The van der Waals surface area contributed by atoms with Crippen molar-refractivity contribution in [1.29, 1.82) is 0 Å². The maximum atomic E-state index is 6.48. The van der Waals surface area contributed by atoms with Gasteiger partial charge >= 0.3 is 0 Å². The number of nitrogens with two attached hydrogens (primary N) is 1. The predicted octanol–water partition coefficient (Wildman–Crippen LogP) is 4.32. The van der Waals surface area contributed by atoms with Crippen LogP contribution in [0.25, 0.3) is 0 Å². The van der Waals surface area contributed by atoms with Gasteiger partial charge in [0.25, 0.3) is 0 Å². The van der Waals surface area contributed by atoms with Crippen LogP contribution >= 0.6 is 0 Å². The van der Waals surface area contributed by atoms with Gasteiger partial charge in [-0.3, -0.25) is 0 Å². The average Bonchev–Trinajstić information content (AvgIpc) is 2.91. The van der Waals surface area contributed by atoms with Crippen molar-refractivity contribution in [1.82, 2.24) is 0 Å². The van der Waals surface area contributed by atoms with Crippen molar-refractivity contribution in [3.05, 3.63) is 58.0 Å². The first-order chi connectivity index (χ1) is 9.60. The zero-order valence-corrected chi connectivity index (χ0v) is 13.0. The van der Waals surface area contributed by atoms with Gasteiger partial charge in [0, 0.05) is 0 Å². The van der Waals surface area contributed by atoms with Gasteiger partial charge in [0.05, 0.1) is 6.04 Å². The normalized spacial score (nSPS) is 12.7. The molecular formula is C18H25NO. The molecule has 0 aliphatic carbocycles. The summed E-state index contributed by atoms with van der Waals surface area (Å²) in [5.74, 6) is 1.77. The second kappa shape index (κ2) is 6.27. The first kappa shape index (κ1) is 14.9. The highest BCUT2D eigenvalue weighted by atomic mass is 16.3. The molecule has 0 fully saturated rings. The Hall–Kier alpha value is -1.54. The molecule has 1 aromatic heterocycles. The summed E-state index contributed by atoms with van der Waals surface area (Å²) in [5, 5.41) is 0. The van der Waals surface area contributed by atoms with Crippen LogP contribution in [0.3, 0.4) is 0 Å². The molecule has 0 aliphatic rings. The molecule has 1 atom stereocenters. The van der Waals surface area contributed by atoms with Gasteiger partial charge in [-0.15, -0.1) is 0 Å². The molecule has 1 aromatic carbocycles. The van der Waals surface area contributed by atoms with Crippen molar-refractivity contribution in [3.63, 3.8) is 0 Å². The van der Waals surface area contributed by atoms with Crippen LogP contribution in [0, 0.1) is 6.92 Å². The Balaban J connectivity index is 2.53. The Morgan fingerprint density at radius 2 is 1.60 bits per heavy atom. The fourth-order valence-corrected chi connectivity index (χ4v) is 2.80. The smallest absolute Gasteiger partial charge is 0.125 e. The summed E-state index contributed by atoms with van der Waals surface area (Å²) in [6.07, 6.45) is 3.07. The Bertz CT molecular complexity index is 558. The molecule has 0 saturated carbocycles. The Labute approximate surface area is 122 Å². The third-order valence-electron chi connectivity index (χ3n) is 3.96. The third kappa shape index (κ3) is 2.80. The summed E-state index contributed by atoms with van der Waals surface area (Å²) in [4.78, 5) is 0. The number of benzene rings is 1. The lowest BCUT2D eigenvalue weighted by Crippen LogP contribution is -2.16. The van der Waals surface area contributed by atoms with Crippen LogP contribution < -0.4 is 5.73 Å². The van der Waals surface area contributed by atoms with Crippen LogP contribution in [-0.4, -0.2) is 0 Å². The van der Waals surface area contributed by atoms with Gasteiger partial charge in [-0.05, 0) is 60.6 Å². The summed E-state index contributed by atoms with van der Waals surface area (Å²) in [7, 11) is 0. The Kier molecular flexibility index (Phi) is 4.66. The van der Waals surface area contributed by atoms with Gasteiger partial charge in [-0.25, -0.2) is 0 Å². The van der Waals surface area contributed by atoms with E-state index in [-0.39, 0.29) is 6.04 Å². The van der Waals surface area contributed by atoms with Crippen LogP contribution in [-0.2, 0) is 19.3 Å². The number of hydrogen-bond acceptors (Lipinski definition) is 2. The zero-order valence-electron chi connectivity index (χ0n) is 13.0. The monoisotopic (exact) mass is 271 g/mol. The van der Waals surface area contributed by atoms with Crippen molar-refractivity contribution in [3.8, 4) is 0 Å². The number of rotatable bonds is 5. The van der Waals surface area contributed by atoms with E-state index >= 15 is 0 Å². The van der Waals surface area contributed by atoms with E-state index in [9.17, 15) is 0 Å². The molecule has 2 N–H and O–H groups in total. The van der Waals surface area contributed by atoms with Gasteiger partial charge in [-0.2, -0.15) is 0 Å². The van der Waals surface area contributed by atoms with Gasteiger partial charge in [-0.1, -0.05) is 32.9 Å². The number of furan rings is 1. The lowest BCUT2D eigenvalue weighted by atomic mass is 9.89. The average molecular weight is 271 g/mol. The van der Waals surface area contributed by atoms with Gasteiger partial charge in [0.2, 0.25) is 0 Å². The van der Waals surface area contributed by atoms with E-state index in [4.69, 9.17) is 10.2 Å². The highest BCUT2D eigenvalue weighted by Gasteiger charge is 2.19. The lowest BCUT2D eigenvalue weighted by molar-refractivity contribution is 0.464. The summed E-state index contributed by atoms with van der Waals surface area (Å²) in [6, 6.07) is 8.40. The van der Waals surface area contributed by atoms with Crippen molar-refractivity contribution in [2.75, 3.05) is 0 Å². The quantitative estimate of drug-likeness (QED) is 0.879. The molecule has 20 heavy (non-hydrogen) atoms. The Morgan fingerprint density at radius 3 is 2.00 bits per heavy atom. The molecule has 0 amide bonds. The highest BCUT2D eigenvalue weighted by molar-refractivity contribution is 5.44. The minimum absolute atomic E-state index is 0.167. The Morgan fingerprint density at radius 1 is 1.00 bits per heavy atom. The molecule has 1 unspecified atom stereocenters. The summed E-state index contributed by atoms with van der Waals surface area (Å²) >= 11 is 0. The molecule has 2 heteroatoms. The topological polar surface area (TPSA) is 39.2 Å². The molecule has 2 rings (SSSR count). The molecule has 2 nitrogen and oxygen atoms in total. The summed E-state index contributed by atoms with van der Waals surface area (Å²) in [6.45, 7) is 8.54. The third-order valence-corrected chi connectivity index (χ3v) is 3.96. The molecule has 0 bridgehead atoms. The van der Waals surface area contributed by atoms with E-state index in [1.807, 2.05) is 19.1 Å². The van der Waals surface area contributed by atoms with Crippen LogP contribution in [0.4, 0.5) is 0 Å². The van der Waals surface area contributed by atoms with Crippen LogP contribution in [0.1, 0.15) is 60.6 Å². The van der Waals surface area contributed by atoms with Crippen molar-refractivity contribution in [2.45, 2.75) is 53.0 Å².